The number of hydrogen-bond acceptors (Lipinski definition) is 7. The SMILES string of the molecule is CNc1ncnc2c1ncn2-c1ccc(NC(=O)Nc2ccc(CNC3CCOCC3)c(C(F)(F)F)c2)cc1. The van der Waals surface area contributed by atoms with Crippen LogP contribution in [-0.4, -0.2) is 51.9 Å². The summed E-state index contributed by atoms with van der Waals surface area (Å²) in [4.78, 5) is 25.3. The van der Waals surface area contributed by atoms with Crippen molar-refractivity contribution in [2.45, 2.75) is 31.6 Å². The summed E-state index contributed by atoms with van der Waals surface area (Å²) in [5, 5.41) is 11.3. The number of nitrogens with zero attached hydrogens (tertiary/aromatic N) is 4. The van der Waals surface area contributed by atoms with Crippen LogP contribution in [-0.2, 0) is 17.5 Å². The van der Waals surface area contributed by atoms with Gasteiger partial charge in [-0.15, -0.1) is 0 Å². The van der Waals surface area contributed by atoms with Gasteiger partial charge < -0.3 is 26.0 Å². The molecular formula is C26H27F3N8O2. The smallest absolute Gasteiger partial charge is 0.381 e. The second-order valence-corrected chi connectivity index (χ2v) is 9.02. The lowest BCUT2D eigenvalue weighted by molar-refractivity contribution is -0.138. The summed E-state index contributed by atoms with van der Waals surface area (Å²) < 4.78 is 48.4. The van der Waals surface area contributed by atoms with Gasteiger partial charge in [-0.25, -0.2) is 19.7 Å². The number of carbonyl (C=O) groups is 1. The molecule has 10 nitrogen and oxygen atoms in total. The number of anilines is 3. The van der Waals surface area contributed by atoms with Gasteiger partial charge in [0.25, 0.3) is 0 Å². The van der Waals surface area contributed by atoms with Crippen molar-refractivity contribution in [1.82, 2.24) is 24.8 Å². The highest BCUT2D eigenvalue weighted by Crippen LogP contribution is 2.34. The second kappa shape index (κ2) is 11.3. The fourth-order valence-corrected chi connectivity index (χ4v) is 4.43. The van der Waals surface area contributed by atoms with Gasteiger partial charge in [-0.3, -0.25) is 4.57 Å². The molecule has 39 heavy (non-hydrogen) atoms. The summed E-state index contributed by atoms with van der Waals surface area (Å²) in [5.41, 5.74) is 1.81. The molecule has 13 heteroatoms. The van der Waals surface area contributed by atoms with Gasteiger partial charge in [0.05, 0.1) is 5.56 Å². The van der Waals surface area contributed by atoms with E-state index in [4.69, 9.17) is 4.74 Å². The van der Waals surface area contributed by atoms with Crippen LogP contribution in [0.15, 0.2) is 55.1 Å². The number of halogens is 3. The Kier molecular flexibility index (Phi) is 7.61. The number of nitrogens with one attached hydrogen (secondary N) is 4. The largest absolute Gasteiger partial charge is 0.416 e. The molecule has 0 bridgehead atoms. The standard InChI is InChI=1S/C26H27F3N8O2/c1-30-23-22-24(33-14-32-23)37(15-34-22)20-6-4-18(5-7-20)35-25(38)36-19-3-2-16(21(12-19)26(27,28)29)13-31-17-8-10-39-11-9-17/h2-7,12,14-15,17,31H,8-11,13H2,1H3,(H,30,32,33)(H2,35,36,38). The van der Waals surface area contributed by atoms with Crippen molar-refractivity contribution in [3.05, 3.63) is 66.2 Å². The van der Waals surface area contributed by atoms with Crippen LogP contribution in [0.2, 0.25) is 0 Å². The molecule has 3 heterocycles. The van der Waals surface area contributed by atoms with Crippen molar-refractivity contribution >= 4 is 34.4 Å². The number of ether oxygens (including phenoxy) is 1. The van der Waals surface area contributed by atoms with E-state index < -0.39 is 17.8 Å². The molecule has 0 spiro atoms. The van der Waals surface area contributed by atoms with Crippen LogP contribution in [0.25, 0.3) is 16.9 Å². The number of aromatic nitrogens is 4. The van der Waals surface area contributed by atoms with Crippen LogP contribution in [0.4, 0.5) is 35.2 Å². The molecule has 0 saturated carbocycles. The molecule has 2 amide bonds. The van der Waals surface area contributed by atoms with E-state index in [0.29, 0.717) is 35.9 Å². The summed E-state index contributed by atoms with van der Waals surface area (Å²) in [6, 6.07) is 10.1. The number of urea groups is 1. The number of benzene rings is 2. The first-order valence-electron chi connectivity index (χ1n) is 12.4. The molecule has 1 fully saturated rings. The normalized spacial score (nSPS) is 14.4. The van der Waals surface area contributed by atoms with E-state index in [-0.39, 0.29) is 23.8 Å². The zero-order valence-electron chi connectivity index (χ0n) is 21.0. The first kappa shape index (κ1) is 26.4. The van der Waals surface area contributed by atoms with Crippen molar-refractivity contribution in [2.75, 3.05) is 36.2 Å². The van der Waals surface area contributed by atoms with Crippen molar-refractivity contribution < 1.29 is 22.7 Å². The van der Waals surface area contributed by atoms with Gasteiger partial charge in [0.15, 0.2) is 17.0 Å². The van der Waals surface area contributed by atoms with Crippen LogP contribution >= 0.6 is 0 Å². The molecule has 2 aromatic heterocycles. The van der Waals surface area contributed by atoms with Gasteiger partial charge in [-0.05, 0) is 54.8 Å². The Hall–Kier alpha value is -4.23. The molecule has 0 aliphatic carbocycles. The van der Waals surface area contributed by atoms with Crippen LogP contribution in [0.5, 0.6) is 0 Å². The molecule has 204 valence electrons. The maximum atomic E-state index is 13.8. The zero-order valence-corrected chi connectivity index (χ0v) is 21.0. The van der Waals surface area contributed by atoms with Crippen LogP contribution < -0.4 is 21.3 Å². The minimum absolute atomic E-state index is 0.0381. The highest BCUT2D eigenvalue weighted by Gasteiger charge is 2.34. The molecule has 0 unspecified atom stereocenters. The third-order valence-electron chi connectivity index (χ3n) is 6.45. The summed E-state index contributed by atoms with van der Waals surface area (Å²) in [6.45, 7) is 1.27. The van der Waals surface area contributed by atoms with Gasteiger partial charge >= 0.3 is 12.2 Å². The Balaban J connectivity index is 1.24. The summed E-state index contributed by atoms with van der Waals surface area (Å²) in [5.74, 6) is 0.603. The molecule has 5 rings (SSSR count). The fraction of sp³-hybridized carbons (Fsp3) is 0.308. The van der Waals surface area contributed by atoms with Crippen LogP contribution in [0, 0.1) is 0 Å². The molecule has 4 N–H and O–H groups in total. The predicted octanol–water partition coefficient (Wildman–Crippen LogP) is 4.79. The van der Waals surface area contributed by atoms with Crippen molar-refractivity contribution in [2.24, 2.45) is 0 Å². The summed E-state index contributed by atoms with van der Waals surface area (Å²) in [6.07, 6.45) is 0.00876. The predicted molar refractivity (Wildman–Crippen MR) is 141 cm³/mol. The highest BCUT2D eigenvalue weighted by atomic mass is 19.4. The molecule has 0 atom stereocenters. The van der Waals surface area contributed by atoms with E-state index in [1.165, 1.54) is 18.5 Å². The maximum Gasteiger partial charge on any atom is 0.416 e. The molecule has 1 saturated heterocycles. The first-order valence-corrected chi connectivity index (χ1v) is 12.4. The Morgan fingerprint density at radius 2 is 1.74 bits per heavy atom. The molecule has 1 aliphatic heterocycles. The van der Waals surface area contributed by atoms with Gasteiger partial charge in [0.1, 0.15) is 12.7 Å². The van der Waals surface area contributed by atoms with E-state index in [0.717, 1.165) is 24.6 Å². The van der Waals surface area contributed by atoms with E-state index in [1.807, 2.05) is 0 Å². The quantitative estimate of drug-likeness (QED) is 0.266. The summed E-state index contributed by atoms with van der Waals surface area (Å²) >= 11 is 0. The molecular weight excluding hydrogens is 513 g/mol. The number of alkyl halides is 3. The van der Waals surface area contributed by atoms with Crippen molar-refractivity contribution in [1.29, 1.82) is 0 Å². The number of carbonyl (C=O) groups excluding carboxylic acids is 1. The van der Waals surface area contributed by atoms with Gasteiger partial charge in [0.2, 0.25) is 0 Å². The van der Waals surface area contributed by atoms with Gasteiger partial charge in [0, 0.05) is 49.9 Å². The molecule has 1 aliphatic rings. The van der Waals surface area contributed by atoms with E-state index in [9.17, 15) is 18.0 Å². The minimum Gasteiger partial charge on any atom is -0.381 e. The maximum absolute atomic E-state index is 13.8. The molecule has 2 aromatic carbocycles. The van der Waals surface area contributed by atoms with Crippen molar-refractivity contribution in [3.63, 3.8) is 0 Å². The number of rotatable bonds is 7. The molecule has 0 radical (unpaired) electrons. The fourth-order valence-electron chi connectivity index (χ4n) is 4.43. The van der Waals surface area contributed by atoms with E-state index >= 15 is 0 Å². The lowest BCUT2D eigenvalue weighted by Crippen LogP contribution is -2.34. The number of imidazole rings is 1. The minimum atomic E-state index is -4.56. The van der Waals surface area contributed by atoms with Gasteiger partial charge in [-0.2, -0.15) is 13.2 Å². The Labute approximate surface area is 222 Å². The Bertz CT molecular complexity index is 1450. The molecule has 4 aromatic rings. The van der Waals surface area contributed by atoms with E-state index in [1.54, 1.807) is 42.2 Å². The Morgan fingerprint density at radius 3 is 2.46 bits per heavy atom. The van der Waals surface area contributed by atoms with Crippen LogP contribution in [0.3, 0.4) is 0 Å². The third kappa shape index (κ3) is 6.10. The average Bonchev–Trinajstić information content (AvgIpc) is 3.37. The number of fused-ring (bicyclic) bond motifs is 1. The lowest BCUT2D eigenvalue weighted by Gasteiger charge is -2.24. The topological polar surface area (TPSA) is 118 Å². The first-order chi connectivity index (χ1) is 18.8. The van der Waals surface area contributed by atoms with E-state index in [2.05, 4.69) is 36.2 Å². The zero-order chi connectivity index (χ0) is 27.4. The van der Waals surface area contributed by atoms with Gasteiger partial charge in [-0.1, -0.05) is 6.07 Å². The second-order valence-electron chi connectivity index (χ2n) is 9.02. The lowest BCUT2D eigenvalue weighted by atomic mass is 10.0. The monoisotopic (exact) mass is 540 g/mol. The third-order valence-corrected chi connectivity index (χ3v) is 6.45. The van der Waals surface area contributed by atoms with Crippen molar-refractivity contribution in [3.8, 4) is 5.69 Å². The summed E-state index contributed by atoms with van der Waals surface area (Å²) in [7, 11) is 1.75. The van der Waals surface area contributed by atoms with Crippen LogP contribution in [0.1, 0.15) is 24.0 Å². The average molecular weight is 541 g/mol. The number of amides is 2. The Morgan fingerprint density at radius 1 is 1.03 bits per heavy atom. The number of hydrogen-bond donors (Lipinski definition) is 4. The highest BCUT2D eigenvalue weighted by molar-refractivity contribution is 5.99.